The van der Waals surface area contributed by atoms with Crippen LogP contribution in [0.5, 0.6) is 0 Å². The maximum absolute atomic E-state index is 12.2. The first-order chi connectivity index (χ1) is 14.6. The fourth-order valence-corrected chi connectivity index (χ4v) is 9.13. The third-order valence-corrected chi connectivity index (χ3v) is 10.7. The van der Waals surface area contributed by atoms with Crippen LogP contribution in [0.3, 0.4) is 0 Å². The van der Waals surface area contributed by atoms with Crippen LogP contribution in [0.1, 0.15) is 98.8 Å². The van der Waals surface area contributed by atoms with Gasteiger partial charge in [0.05, 0.1) is 12.2 Å². The Hall–Kier alpha value is -0.610. The normalized spacial score (nSPS) is 47.9. The van der Waals surface area contributed by atoms with Crippen molar-refractivity contribution in [1.29, 1.82) is 0 Å². The molecular formula is C27H47NO3. The van der Waals surface area contributed by atoms with Gasteiger partial charge in [0, 0.05) is 12.5 Å². The second-order valence-electron chi connectivity index (χ2n) is 12.7. The summed E-state index contributed by atoms with van der Waals surface area (Å²) >= 11 is 0. The molecule has 4 fully saturated rings. The monoisotopic (exact) mass is 433 g/mol. The molecule has 0 aromatic carbocycles. The van der Waals surface area contributed by atoms with Gasteiger partial charge in [0.15, 0.2) is 0 Å². The fraction of sp³-hybridized carbons (Fsp3) is 0.963. The van der Waals surface area contributed by atoms with Crippen LogP contribution in [-0.4, -0.2) is 34.4 Å². The number of hydrogen-bond donors (Lipinski definition) is 3. The highest BCUT2D eigenvalue weighted by Gasteiger charge is 2.62. The molecule has 31 heavy (non-hydrogen) atoms. The summed E-state index contributed by atoms with van der Waals surface area (Å²) in [6, 6.07) is 0.213. The molecule has 0 unspecified atom stereocenters. The predicted molar refractivity (Wildman–Crippen MR) is 124 cm³/mol. The molecule has 0 aliphatic heterocycles. The summed E-state index contributed by atoms with van der Waals surface area (Å²) in [7, 11) is 0. The lowest BCUT2D eigenvalue weighted by Gasteiger charge is -2.62. The molecule has 4 rings (SSSR count). The van der Waals surface area contributed by atoms with Gasteiger partial charge in [-0.15, -0.1) is 0 Å². The van der Waals surface area contributed by atoms with Crippen LogP contribution in [0.2, 0.25) is 0 Å². The molecule has 10 atom stereocenters. The SMILES string of the molecule is CC(C)NC(=O)CC[C@H](C)[C@@H]1CC[C@@H]2[C@H]3[C@H](O)C[C@H]4C[C@@H](O)CC[C@@]4(C)[C@@H]3CC[C@]21C. The zero-order valence-corrected chi connectivity index (χ0v) is 20.6. The van der Waals surface area contributed by atoms with Gasteiger partial charge in [-0.3, -0.25) is 4.79 Å². The first-order valence-corrected chi connectivity index (χ1v) is 13.2. The maximum atomic E-state index is 12.2. The minimum atomic E-state index is -0.205. The van der Waals surface area contributed by atoms with Gasteiger partial charge in [0.1, 0.15) is 0 Å². The number of hydrogen-bond acceptors (Lipinski definition) is 3. The van der Waals surface area contributed by atoms with Crippen LogP contribution in [-0.2, 0) is 4.79 Å². The van der Waals surface area contributed by atoms with E-state index in [1.54, 1.807) is 0 Å². The van der Waals surface area contributed by atoms with Crippen molar-refractivity contribution in [2.75, 3.05) is 0 Å². The zero-order valence-electron chi connectivity index (χ0n) is 20.6. The second-order valence-corrected chi connectivity index (χ2v) is 12.7. The minimum Gasteiger partial charge on any atom is -0.393 e. The molecule has 0 aromatic heterocycles. The smallest absolute Gasteiger partial charge is 0.220 e. The topological polar surface area (TPSA) is 69.6 Å². The van der Waals surface area contributed by atoms with Crippen molar-refractivity contribution < 1.29 is 15.0 Å². The van der Waals surface area contributed by atoms with Crippen LogP contribution < -0.4 is 5.32 Å². The van der Waals surface area contributed by atoms with Crippen molar-refractivity contribution in [1.82, 2.24) is 5.32 Å². The lowest BCUT2D eigenvalue weighted by atomic mass is 9.43. The predicted octanol–water partition coefficient (Wildman–Crippen LogP) is 4.92. The van der Waals surface area contributed by atoms with Gasteiger partial charge in [-0.25, -0.2) is 0 Å². The molecule has 3 N–H and O–H groups in total. The van der Waals surface area contributed by atoms with Crippen molar-refractivity contribution in [2.45, 2.75) is 117 Å². The molecule has 4 saturated carbocycles. The van der Waals surface area contributed by atoms with Gasteiger partial charge in [0.2, 0.25) is 5.91 Å². The van der Waals surface area contributed by atoms with E-state index in [2.05, 4.69) is 26.1 Å². The first-order valence-electron chi connectivity index (χ1n) is 13.2. The standard InChI is InChI=1S/C27H47NO3/c1-16(2)28-24(31)9-6-17(3)20-7-8-21-25-22(11-13-27(20,21)5)26(4)12-10-19(29)14-18(26)15-23(25)30/h16-23,25,29-30H,6-15H2,1-5H3,(H,28,31)/t17-,18+,19-,20-,21+,22+,23+,25+,26+,27-/m0/s1. The molecular weight excluding hydrogens is 386 g/mol. The molecule has 1 amide bonds. The number of carbonyl (C=O) groups is 1. The third kappa shape index (κ3) is 4.09. The minimum absolute atomic E-state index is 0.166. The van der Waals surface area contributed by atoms with E-state index < -0.39 is 0 Å². The van der Waals surface area contributed by atoms with Crippen molar-refractivity contribution in [3.05, 3.63) is 0 Å². The van der Waals surface area contributed by atoms with Crippen molar-refractivity contribution in [2.24, 2.45) is 46.3 Å². The average Bonchev–Trinajstić information content (AvgIpc) is 3.04. The van der Waals surface area contributed by atoms with Crippen molar-refractivity contribution in [3.8, 4) is 0 Å². The summed E-state index contributed by atoms with van der Waals surface area (Å²) in [5.74, 6) is 3.53. The molecule has 4 aliphatic rings. The fourth-order valence-electron chi connectivity index (χ4n) is 9.13. The lowest BCUT2D eigenvalue weighted by Crippen LogP contribution is -2.58. The van der Waals surface area contributed by atoms with E-state index in [9.17, 15) is 15.0 Å². The Morgan fingerprint density at radius 1 is 0.968 bits per heavy atom. The second kappa shape index (κ2) is 8.63. The highest BCUT2D eigenvalue weighted by atomic mass is 16.3. The molecule has 0 radical (unpaired) electrons. The Morgan fingerprint density at radius 3 is 2.35 bits per heavy atom. The number of fused-ring (bicyclic) bond motifs is 5. The summed E-state index contributed by atoms with van der Waals surface area (Å²) in [5.41, 5.74) is 0.594. The molecule has 0 aromatic rings. The van der Waals surface area contributed by atoms with E-state index in [1.165, 1.54) is 25.7 Å². The van der Waals surface area contributed by atoms with Crippen LogP contribution in [0.25, 0.3) is 0 Å². The number of rotatable bonds is 5. The van der Waals surface area contributed by atoms with Crippen molar-refractivity contribution >= 4 is 5.91 Å². The van der Waals surface area contributed by atoms with Gasteiger partial charge in [-0.1, -0.05) is 20.8 Å². The van der Waals surface area contributed by atoms with Crippen LogP contribution in [0.4, 0.5) is 0 Å². The summed E-state index contributed by atoms with van der Waals surface area (Å²) in [5, 5.41) is 24.7. The zero-order chi connectivity index (χ0) is 22.6. The molecule has 4 heteroatoms. The van der Waals surface area contributed by atoms with Crippen LogP contribution >= 0.6 is 0 Å². The van der Waals surface area contributed by atoms with Crippen molar-refractivity contribution in [3.63, 3.8) is 0 Å². The molecule has 178 valence electrons. The summed E-state index contributed by atoms with van der Waals surface area (Å²) in [6.07, 6.45) is 10.1. The van der Waals surface area contributed by atoms with Crippen LogP contribution in [0.15, 0.2) is 0 Å². The molecule has 0 heterocycles. The Kier molecular flexibility index (Phi) is 6.55. The Balaban J connectivity index is 1.47. The summed E-state index contributed by atoms with van der Waals surface area (Å²) in [4.78, 5) is 12.2. The molecule has 0 bridgehead atoms. The Morgan fingerprint density at radius 2 is 1.65 bits per heavy atom. The highest BCUT2D eigenvalue weighted by Crippen LogP contribution is 2.68. The maximum Gasteiger partial charge on any atom is 0.220 e. The van der Waals surface area contributed by atoms with Gasteiger partial charge >= 0.3 is 0 Å². The average molecular weight is 434 g/mol. The Bertz CT molecular complexity index is 665. The lowest BCUT2D eigenvalue weighted by molar-refractivity contribution is -0.174. The van der Waals surface area contributed by atoms with E-state index in [-0.39, 0.29) is 24.2 Å². The molecule has 0 saturated heterocycles. The molecule has 0 spiro atoms. The third-order valence-electron chi connectivity index (χ3n) is 10.7. The first kappa shape index (κ1) is 23.5. The number of amides is 1. The quantitative estimate of drug-likeness (QED) is 0.576. The van der Waals surface area contributed by atoms with E-state index in [1.807, 2.05) is 13.8 Å². The van der Waals surface area contributed by atoms with Gasteiger partial charge in [-0.05, 0) is 118 Å². The van der Waals surface area contributed by atoms with Crippen LogP contribution in [0, 0.1) is 46.3 Å². The number of carbonyl (C=O) groups excluding carboxylic acids is 1. The molecule has 4 aliphatic carbocycles. The number of aliphatic hydroxyl groups is 2. The molecule has 4 nitrogen and oxygen atoms in total. The van der Waals surface area contributed by atoms with E-state index in [0.29, 0.717) is 52.8 Å². The number of aliphatic hydroxyl groups excluding tert-OH is 2. The summed E-state index contributed by atoms with van der Waals surface area (Å²) in [6.45, 7) is 11.4. The van der Waals surface area contributed by atoms with Gasteiger partial charge in [0.25, 0.3) is 0 Å². The number of nitrogens with one attached hydrogen (secondary N) is 1. The van der Waals surface area contributed by atoms with E-state index in [0.717, 1.165) is 32.1 Å². The van der Waals surface area contributed by atoms with E-state index in [4.69, 9.17) is 0 Å². The largest absolute Gasteiger partial charge is 0.393 e. The highest BCUT2D eigenvalue weighted by molar-refractivity contribution is 5.76. The summed E-state index contributed by atoms with van der Waals surface area (Å²) < 4.78 is 0. The van der Waals surface area contributed by atoms with Gasteiger partial charge in [-0.2, -0.15) is 0 Å². The Labute approximate surface area is 190 Å². The van der Waals surface area contributed by atoms with Gasteiger partial charge < -0.3 is 15.5 Å². The van der Waals surface area contributed by atoms with E-state index >= 15 is 0 Å².